The second-order valence-corrected chi connectivity index (χ2v) is 13.4. The van der Waals surface area contributed by atoms with E-state index in [4.69, 9.17) is 0 Å². The number of benzene rings is 2. The summed E-state index contributed by atoms with van der Waals surface area (Å²) in [6.07, 6.45) is -0.523. The van der Waals surface area contributed by atoms with E-state index in [1.807, 2.05) is 6.26 Å². The van der Waals surface area contributed by atoms with Crippen LogP contribution in [0.15, 0.2) is 53.9 Å². The van der Waals surface area contributed by atoms with Crippen LogP contribution in [0.4, 0.5) is 13.9 Å². The van der Waals surface area contributed by atoms with Gasteiger partial charge in [-0.15, -0.1) is 11.3 Å². The minimum atomic E-state index is -3.64. The molecule has 0 aliphatic rings. The zero-order valence-electron chi connectivity index (χ0n) is 23.0. The lowest BCUT2D eigenvalue weighted by Crippen LogP contribution is -2.56. The molecule has 4 atom stereocenters. The van der Waals surface area contributed by atoms with Gasteiger partial charge in [-0.05, 0) is 54.7 Å². The van der Waals surface area contributed by atoms with Gasteiger partial charge in [-0.1, -0.05) is 18.2 Å². The zero-order chi connectivity index (χ0) is 31.0. The number of aromatic nitrogens is 1. The van der Waals surface area contributed by atoms with E-state index in [2.05, 4.69) is 15.6 Å². The van der Waals surface area contributed by atoms with Crippen LogP contribution in [0.5, 0.6) is 0 Å². The molecule has 2 amide bonds. The van der Waals surface area contributed by atoms with Gasteiger partial charge in [0, 0.05) is 24.1 Å². The molecule has 0 aliphatic heterocycles. The molecule has 0 saturated carbocycles. The first kappa shape index (κ1) is 33.4. The molecule has 2 aromatic carbocycles. The first-order chi connectivity index (χ1) is 19.8. The Morgan fingerprint density at radius 1 is 1.02 bits per heavy atom. The summed E-state index contributed by atoms with van der Waals surface area (Å²) < 4.78 is 52.5. The second-order valence-electron chi connectivity index (χ2n) is 9.52. The van der Waals surface area contributed by atoms with Crippen LogP contribution >= 0.6 is 23.1 Å². The van der Waals surface area contributed by atoms with Gasteiger partial charge in [0.15, 0.2) is 5.13 Å². The average molecular weight is 643 g/mol. The number of aliphatic hydroxyl groups is 2. The monoisotopic (exact) mass is 642 g/mol. The molecule has 1 aromatic heterocycles. The molecule has 0 saturated heterocycles. The van der Waals surface area contributed by atoms with Crippen LogP contribution in [0.25, 0.3) is 0 Å². The lowest BCUT2D eigenvalue weighted by Gasteiger charge is -2.33. The first-order valence-electron chi connectivity index (χ1n) is 12.7. The standard InChI is InChI=1S/C27H32F2N4O6S3/c1-33(42(3,38)39)27-32-22(15-41-27)26(37)31-21(13-16-11-18(28)14-19(29)12-16)24(35)23(34)20(9-10-40-2)30-25(36)17-7-5-4-6-8-17/h4-8,11-12,14-15,20-21,23-24,34-35H,9-10,13H2,1-3H3,(H,30,36)(H,31,37)/t20-,21+,23-,24-/m1/s1. The Bertz CT molecular complexity index is 1460. The molecule has 3 aromatic rings. The molecule has 15 heteroatoms. The highest BCUT2D eigenvalue weighted by molar-refractivity contribution is 7.98. The molecule has 0 aliphatic carbocycles. The number of aliphatic hydroxyl groups excluding tert-OH is 2. The van der Waals surface area contributed by atoms with Gasteiger partial charge in [-0.3, -0.25) is 9.59 Å². The predicted molar refractivity (Wildman–Crippen MR) is 159 cm³/mol. The summed E-state index contributed by atoms with van der Waals surface area (Å²) in [6.45, 7) is 0. The number of amides is 2. The molecule has 0 unspecified atom stereocenters. The highest BCUT2D eigenvalue weighted by Gasteiger charge is 2.35. The molecule has 3 rings (SSSR count). The Morgan fingerprint density at radius 2 is 1.62 bits per heavy atom. The number of thiazole rings is 1. The lowest BCUT2D eigenvalue weighted by atomic mass is 9.92. The number of carbonyl (C=O) groups is 2. The minimum absolute atomic E-state index is 0.0211. The number of sulfonamides is 1. The summed E-state index contributed by atoms with van der Waals surface area (Å²) in [5.41, 5.74) is 0.263. The largest absolute Gasteiger partial charge is 0.388 e. The molecule has 0 radical (unpaired) electrons. The van der Waals surface area contributed by atoms with Crippen molar-refractivity contribution >= 4 is 50.1 Å². The fourth-order valence-corrected chi connectivity index (χ4v) is 6.05. The molecule has 0 spiro atoms. The fourth-order valence-electron chi connectivity index (χ4n) is 4.03. The molecule has 228 valence electrons. The summed E-state index contributed by atoms with van der Waals surface area (Å²) in [7, 11) is -2.37. The van der Waals surface area contributed by atoms with Gasteiger partial charge < -0.3 is 20.8 Å². The molecule has 4 N–H and O–H groups in total. The Morgan fingerprint density at radius 3 is 2.21 bits per heavy atom. The van der Waals surface area contributed by atoms with Crippen LogP contribution in [0.1, 0.15) is 32.8 Å². The number of thioether (sulfide) groups is 1. The smallest absolute Gasteiger partial charge is 0.271 e. The summed E-state index contributed by atoms with van der Waals surface area (Å²) in [4.78, 5) is 30.0. The van der Waals surface area contributed by atoms with Gasteiger partial charge in [-0.2, -0.15) is 11.8 Å². The number of nitrogens with one attached hydrogen (secondary N) is 2. The van der Waals surface area contributed by atoms with Crippen molar-refractivity contribution in [3.63, 3.8) is 0 Å². The number of hydrogen-bond acceptors (Lipinski definition) is 9. The summed E-state index contributed by atoms with van der Waals surface area (Å²) >= 11 is 2.35. The van der Waals surface area contributed by atoms with Crippen molar-refractivity contribution in [2.24, 2.45) is 0 Å². The SMILES string of the molecule is CSCC[C@@H](NC(=O)c1ccccc1)[C@@H](O)[C@H](O)[C@H](Cc1cc(F)cc(F)c1)NC(=O)c1csc(N(C)S(C)(=O)=O)n1. The molecule has 1 heterocycles. The van der Waals surface area contributed by atoms with E-state index >= 15 is 0 Å². The van der Waals surface area contributed by atoms with Crippen molar-refractivity contribution in [2.75, 3.05) is 29.6 Å². The zero-order valence-corrected chi connectivity index (χ0v) is 25.5. The third-order valence-corrected chi connectivity index (χ3v) is 9.19. The van der Waals surface area contributed by atoms with Crippen molar-refractivity contribution in [1.29, 1.82) is 0 Å². The van der Waals surface area contributed by atoms with Gasteiger partial charge in [0.2, 0.25) is 10.0 Å². The molecule has 42 heavy (non-hydrogen) atoms. The Balaban J connectivity index is 1.89. The van der Waals surface area contributed by atoms with Crippen molar-refractivity contribution in [2.45, 2.75) is 37.1 Å². The van der Waals surface area contributed by atoms with E-state index in [1.165, 1.54) is 24.2 Å². The number of halogens is 2. The molecular weight excluding hydrogens is 611 g/mol. The maximum Gasteiger partial charge on any atom is 0.271 e. The summed E-state index contributed by atoms with van der Waals surface area (Å²) in [5.74, 6) is -2.52. The number of anilines is 1. The Kier molecular flexibility index (Phi) is 11.8. The van der Waals surface area contributed by atoms with E-state index in [9.17, 15) is 37.0 Å². The van der Waals surface area contributed by atoms with Gasteiger partial charge in [0.25, 0.3) is 11.8 Å². The molecule has 0 fully saturated rings. The maximum absolute atomic E-state index is 14.0. The second kappa shape index (κ2) is 14.9. The lowest BCUT2D eigenvalue weighted by molar-refractivity contribution is -0.0224. The molecular formula is C27H32F2N4O6S3. The van der Waals surface area contributed by atoms with Crippen LogP contribution < -0.4 is 14.9 Å². The number of hydrogen-bond donors (Lipinski definition) is 4. The van der Waals surface area contributed by atoms with Crippen molar-refractivity contribution in [3.8, 4) is 0 Å². The van der Waals surface area contributed by atoms with Gasteiger partial charge in [0.1, 0.15) is 29.5 Å². The average Bonchev–Trinajstić information content (AvgIpc) is 3.43. The van der Waals surface area contributed by atoms with Crippen LogP contribution in [0.2, 0.25) is 0 Å². The molecule has 10 nitrogen and oxygen atoms in total. The van der Waals surface area contributed by atoms with E-state index in [-0.39, 0.29) is 29.2 Å². The van der Waals surface area contributed by atoms with E-state index in [0.717, 1.165) is 34.0 Å². The minimum Gasteiger partial charge on any atom is -0.388 e. The topological polar surface area (TPSA) is 149 Å². The quantitative estimate of drug-likeness (QED) is 0.210. The predicted octanol–water partition coefficient (Wildman–Crippen LogP) is 2.43. The third-order valence-electron chi connectivity index (χ3n) is 6.35. The number of rotatable bonds is 14. The maximum atomic E-state index is 14.0. The van der Waals surface area contributed by atoms with E-state index < -0.39 is 57.8 Å². The van der Waals surface area contributed by atoms with Crippen LogP contribution in [-0.2, 0) is 16.4 Å². The normalized spacial score (nSPS) is 14.5. The highest BCUT2D eigenvalue weighted by Crippen LogP contribution is 2.22. The van der Waals surface area contributed by atoms with Crippen LogP contribution in [0.3, 0.4) is 0 Å². The van der Waals surface area contributed by atoms with E-state index in [0.29, 0.717) is 17.4 Å². The fraction of sp³-hybridized carbons (Fsp3) is 0.370. The van der Waals surface area contributed by atoms with Crippen molar-refractivity contribution in [3.05, 3.63) is 82.4 Å². The van der Waals surface area contributed by atoms with E-state index in [1.54, 1.807) is 30.3 Å². The van der Waals surface area contributed by atoms with Crippen molar-refractivity contribution in [1.82, 2.24) is 15.6 Å². The van der Waals surface area contributed by atoms with Crippen molar-refractivity contribution < 1.29 is 37.0 Å². The third kappa shape index (κ3) is 9.19. The Hall–Kier alpha value is -3.11. The Labute approximate surface area is 251 Å². The van der Waals surface area contributed by atoms with Gasteiger partial charge in [0.05, 0.1) is 18.3 Å². The van der Waals surface area contributed by atoms with Gasteiger partial charge in [-0.25, -0.2) is 26.5 Å². The van der Waals surface area contributed by atoms with Gasteiger partial charge >= 0.3 is 0 Å². The number of carbonyl (C=O) groups excluding carboxylic acids is 2. The number of nitrogens with zero attached hydrogens (tertiary/aromatic N) is 2. The summed E-state index contributed by atoms with van der Waals surface area (Å²) in [5, 5.41) is 29.2. The highest BCUT2D eigenvalue weighted by atomic mass is 32.2. The van der Waals surface area contributed by atoms with Crippen LogP contribution in [-0.4, -0.2) is 85.0 Å². The molecule has 0 bridgehead atoms. The first-order valence-corrected chi connectivity index (χ1v) is 16.8. The summed E-state index contributed by atoms with van der Waals surface area (Å²) in [6, 6.07) is 8.79. The van der Waals surface area contributed by atoms with Crippen LogP contribution in [0, 0.1) is 11.6 Å².